The first-order chi connectivity index (χ1) is 8.65. The van der Waals surface area contributed by atoms with Crippen LogP contribution in [0.15, 0.2) is 18.2 Å². The summed E-state index contributed by atoms with van der Waals surface area (Å²) in [5.41, 5.74) is 6.35. The second-order valence-electron chi connectivity index (χ2n) is 4.37. The highest BCUT2D eigenvalue weighted by Crippen LogP contribution is 2.33. The van der Waals surface area contributed by atoms with Crippen molar-refractivity contribution in [1.82, 2.24) is 0 Å². The van der Waals surface area contributed by atoms with Crippen LogP contribution < -0.4 is 20.1 Å². The quantitative estimate of drug-likeness (QED) is 0.866. The van der Waals surface area contributed by atoms with Crippen LogP contribution in [0.5, 0.6) is 11.5 Å². The van der Waals surface area contributed by atoms with Gasteiger partial charge >= 0.3 is 0 Å². The molecule has 0 aliphatic carbocycles. The van der Waals surface area contributed by atoms with Crippen molar-refractivity contribution in [3.63, 3.8) is 0 Å². The van der Waals surface area contributed by atoms with Crippen LogP contribution in [-0.2, 0) is 4.79 Å². The smallest absolute Gasteiger partial charge is 0.222 e. The minimum absolute atomic E-state index is 0.0573. The van der Waals surface area contributed by atoms with Crippen LogP contribution in [0.3, 0.4) is 0 Å². The van der Waals surface area contributed by atoms with Crippen LogP contribution in [0.25, 0.3) is 0 Å². The van der Waals surface area contributed by atoms with Crippen LogP contribution in [0.4, 0.5) is 5.69 Å². The molecule has 1 aliphatic rings. The first kappa shape index (κ1) is 12.5. The Bertz CT molecular complexity index is 448. The molecule has 1 aromatic rings. The van der Waals surface area contributed by atoms with E-state index in [9.17, 15) is 4.79 Å². The third-order valence-electron chi connectivity index (χ3n) is 3.32. The molecule has 1 amide bonds. The fourth-order valence-corrected chi connectivity index (χ4v) is 2.25. The minimum atomic E-state index is -0.224. The summed E-state index contributed by atoms with van der Waals surface area (Å²) in [6.07, 6.45) is 0.809. The molecule has 0 saturated carbocycles. The number of ether oxygens (including phenoxy) is 2. The zero-order valence-corrected chi connectivity index (χ0v) is 10.7. The number of primary amides is 1. The Morgan fingerprint density at radius 2 is 2.06 bits per heavy atom. The highest BCUT2D eigenvalue weighted by Gasteiger charge is 2.27. The van der Waals surface area contributed by atoms with Gasteiger partial charge in [0.05, 0.1) is 20.1 Å². The van der Waals surface area contributed by atoms with E-state index in [0.717, 1.165) is 18.7 Å². The van der Waals surface area contributed by atoms with E-state index in [1.54, 1.807) is 14.2 Å². The van der Waals surface area contributed by atoms with Crippen LogP contribution in [0.2, 0.25) is 0 Å². The molecule has 0 radical (unpaired) electrons. The second kappa shape index (κ2) is 5.16. The van der Waals surface area contributed by atoms with Crippen molar-refractivity contribution >= 4 is 11.6 Å². The molecule has 0 spiro atoms. The summed E-state index contributed by atoms with van der Waals surface area (Å²) >= 11 is 0. The molecule has 1 unspecified atom stereocenters. The Kier molecular flexibility index (Phi) is 3.60. The molecule has 1 saturated heterocycles. The zero-order valence-electron chi connectivity index (χ0n) is 10.7. The van der Waals surface area contributed by atoms with Crippen LogP contribution in [0.1, 0.15) is 6.42 Å². The Morgan fingerprint density at radius 3 is 2.61 bits per heavy atom. The number of methoxy groups -OCH3 is 2. The summed E-state index contributed by atoms with van der Waals surface area (Å²) in [4.78, 5) is 13.3. The van der Waals surface area contributed by atoms with E-state index in [1.807, 2.05) is 18.2 Å². The summed E-state index contributed by atoms with van der Waals surface area (Å²) in [6.45, 7) is 1.51. The molecule has 0 aromatic heterocycles. The number of hydrogen-bond acceptors (Lipinski definition) is 4. The average Bonchev–Trinajstić information content (AvgIpc) is 2.87. The molecule has 2 rings (SSSR count). The monoisotopic (exact) mass is 250 g/mol. The maximum atomic E-state index is 11.2. The van der Waals surface area contributed by atoms with Crippen LogP contribution >= 0.6 is 0 Å². The number of nitrogens with two attached hydrogens (primary N) is 1. The largest absolute Gasteiger partial charge is 0.493 e. The predicted octanol–water partition coefficient (Wildman–Crippen LogP) is 1.02. The lowest BCUT2D eigenvalue weighted by Gasteiger charge is -2.19. The highest BCUT2D eigenvalue weighted by molar-refractivity contribution is 5.78. The van der Waals surface area contributed by atoms with E-state index in [-0.39, 0.29) is 11.8 Å². The Labute approximate surface area is 106 Å². The number of carbonyl (C=O) groups excluding carboxylic acids is 1. The zero-order chi connectivity index (χ0) is 13.1. The van der Waals surface area contributed by atoms with Crippen molar-refractivity contribution < 1.29 is 14.3 Å². The van der Waals surface area contributed by atoms with Gasteiger partial charge in [0.25, 0.3) is 0 Å². The maximum absolute atomic E-state index is 11.2. The fourth-order valence-electron chi connectivity index (χ4n) is 2.25. The summed E-state index contributed by atoms with van der Waals surface area (Å²) < 4.78 is 10.5. The number of nitrogens with zero attached hydrogens (tertiary/aromatic N) is 1. The molecule has 5 heteroatoms. The minimum Gasteiger partial charge on any atom is -0.493 e. The van der Waals surface area contributed by atoms with Gasteiger partial charge in [0.2, 0.25) is 5.91 Å². The van der Waals surface area contributed by atoms with Gasteiger partial charge in [-0.1, -0.05) is 0 Å². The topological polar surface area (TPSA) is 64.8 Å². The van der Waals surface area contributed by atoms with Gasteiger partial charge < -0.3 is 20.1 Å². The third-order valence-corrected chi connectivity index (χ3v) is 3.32. The Balaban J connectivity index is 2.17. The van der Waals surface area contributed by atoms with Gasteiger partial charge in [-0.3, -0.25) is 4.79 Å². The molecule has 1 aliphatic heterocycles. The standard InChI is InChI=1S/C13H18N2O3/c1-17-11-4-3-10(7-12(11)18-2)15-6-5-9(8-15)13(14)16/h3-4,7,9H,5-6,8H2,1-2H3,(H2,14,16). The number of hydrogen-bond donors (Lipinski definition) is 1. The van der Waals surface area contributed by atoms with E-state index in [1.165, 1.54) is 0 Å². The summed E-state index contributed by atoms with van der Waals surface area (Å²) in [5.74, 6) is 1.11. The Morgan fingerprint density at radius 1 is 1.33 bits per heavy atom. The average molecular weight is 250 g/mol. The lowest BCUT2D eigenvalue weighted by Crippen LogP contribution is -2.27. The number of rotatable bonds is 4. The van der Waals surface area contributed by atoms with Gasteiger partial charge in [0.1, 0.15) is 0 Å². The summed E-state index contributed by atoms with van der Waals surface area (Å²) in [7, 11) is 3.22. The van der Waals surface area contributed by atoms with Crippen molar-refractivity contribution in [2.24, 2.45) is 11.7 Å². The number of amides is 1. The van der Waals surface area contributed by atoms with E-state index in [2.05, 4.69) is 4.90 Å². The Hall–Kier alpha value is -1.91. The van der Waals surface area contributed by atoms with E-state index in [0.29, 0.717) is 18.0 Å². The SMILES string of the molecule is COc1ccc(N2CCC(C(N)=O)C2)cc1OC. The molecule has 98 valence electrons. The molecule has 1 atom stereocenters. The first-order valence-corrected chi connectivity index (χ1v) is 5.92. The third kappa shape index (κ3) is 2.34. The van der Waals surface area contributed by atoms with Gasteiger partial charge in [-0.05, 0) is 18.6 Å². The fraction of sp³-hybridized carbons (Fsp3) is 0.462. The number of anilines is 1. The van der Waals surface area contributed by atoms with Crippen molar-refractivity contribution in [1.29, 1.82) is 0 Å². The number of carbonyl (C=O) groups is 1. The van der Waals surface area contributed by atoms with Crippen molar-refractivity contribution in [2.75, 3.05) is 32.2 Å². The van der Waals surface area contributed by atoms with Crippen LogP contribution in [-0.4, -0.2) is 33.2 Å². The van der Waals surface area contributed by atoms with Gasteiger partial charge in [0, 0.05) is 24.8 Å². The molecule has 1 fully saturated rings. The van der Waals surface area contributed by atoms with Crippen LogP contribution in [0, 0.1) is 5.92 Å². The van der Waals surface area contributed by atoms with Gasteiger partial charge in [0.15, 0.2) is 11.5 Å². The van der Waals surface area contributed by atoms with E-state index < -0.39 is 0 Å². The molecule has 5 nitrogen and oxygen atoms in total. The lowest BCUT2D eigenvalue weighted by molar-refractivity contribution is -0.121. The number of benzene rings is 1. The molecule has 18 heavy (non-hydrogen) atoms. The lowest BCUT2D eigenvalue weighted by atomic mass is 10.1. The highest BCUT2D eigenvalue weighted by atomic mass is 16.5. The predicted molar refractivity (Wildman–Crippen MR) is 69.1 cm³/mol. The second-order valence-corrected chi connectivity index (χ2v) is 4.37. The van der Waals surface area contributed by atoms with E-state index in [4.69, 9.17) is 15.2 Å². The van der Waals surface area contributed by atoms with Crippen molar-refractivity contribution in [3.05, 3.63) is 18.2 Å². The van der Waals surface area contributed by atoms with Crippen molar-refractivity contribution in [2.45, 2.75) is 6.42 Å². The molecular formula is C13H18N2O3. The molecular weight excluding hydrogens is 232 g/mol. The van der Waals surface area contributed by atoms with Gasteiger partial charge in [-0.15, -0.1) is 0 Å². The normalized spacial score (nSPS) is 18.8. The van der Waals surface area contributed by atoms with Crippen molar-refractivity contribution in [3.8, 4) is 11.5 Å². The molecule has 2 N–H and O–H groups in total. The summed E-state index contributed by atoms with van der Waals surface area (Å²) in [5, 5.41) is 0. The van der Waals surface area contributed by atoms with Gasteiger partial charge in [-0.25, -0.2) is 0 Å². The molecule has 0 bridgehead atoms. The molecule has 1 heterocycles. The maximum Gasteiger partial charge on any atom is 0.222 e. The molecule has 1 aromatic carbocycles. The van der Waals surface area contributed by atoms with Gasteiger partial charge in [-0.2, -0.15) is 0 Å². The van der Waals surface area contributed by atoms with E-state index >= 15 is 0 Å². The summed E-state index contributed by atoms with van der Waals surface area (Å²) in [6, 6.07) is 5.75. The first-order valence-electron chi connectivity index (χ1n) is 5.92.